The predicted octanol–water partition coefficient (Wildman–Crippen LogP) is 1.57. The number of aromatic hydroxyl groups is 1. The quantitative estimate of drug-likeness (QED) is 0.372. The maximum atomic E-state index is 11.5. The zero-order valence-corrected chi connectivity index (χ0v) is 14.1. The van der Waals surface area contributed by atoms with E-state index in [2.05, 4.69) is 25.4 Å². The molecule has 0 saturated heterocycles. The van der Waals surface area contributed by atoms with Crippen LogP contribution in [-0.2, 0) is 20.2 Å². The van der Waals surface area contributed by atoms with Gasteiger partial charge in [0.2, 0.25) is 0 Å². The fourth-order valence-corrected chi connectivity index (χ4v) is 3.27. The minimum Gasteiger partial charge on any atom is -0.504 e. The molecule has 0 spiro atoms. The van der Waals surface area contributed by atoms with Gasteiger partial charge >= 0.3 is 0 Å². The maximum Gasteiger partial charge on any atom is 0.298 e. The maximum absolute atomic E-state index is 11.5. The summed E-state index contributed by atoms with van der Waals surface area (Å²) in [5.41, 5.74) is -0.373. The standard InChI is InChI=1S/C12H9N5O7S2/c18-11-9(26(22,23)24)4-6-3-7(25(19,20)21)1-2-8(6)10(11)15-17-12-13-5-14-16-12/h1-5,18H,(H,13,14,16)(H,19,20,21)(H,22,23,24)/b17-15+. The average molecular weight is 399 g/mol. The number of benzene rings is 2. The minimum atomic E-state index is -4.87. The van der Waals surface area contributed by atoms with Gasteiger partial charge in [0, 0.05) is 5.39 Å². The highest BCUT2D eigenvalue weighted by Gasteiger charge is 2.23. The van der Waals surface area contributed by atoms with Crippen molar-refractivity contribution in [2.24, 2.45) is 10.2 Å². The van der Waals surface area contributed by atoms with Crippen LogP contribution in [0, 0.1) is 0 Å². The van der Waals surface area contributed by atoms with Crippen LogP contribution in [0.1, 0.15) is 0 Å². The van der Waals surface area contributed by atoms with E-state index in [4.69, 9.17) is 4.55 Å². The third-order valence-electron chi connectivity index (χ3n) is 3.24. The van der Waals surface area contributed by atoms with Gasteiger partial charge in [-0.25, -0.2) is 0 Å². The zero-order chi connectivity index (χ0) is 19.1. The fourth-order valence-electron chi connectivity index (χ4n) is 2.13. The van der Waals surface area contributed by atoms with Gasteiger partial charge in [-0.05, 0) is 23.6 Å². The molecule has 14 heteroatoms. The molecule has 0 radical (unpaired) electrons. The van der Waals surface area contributed by atoms with Gasteiger partial charge in [0.15, 0.2) is 5.75 Å². The first-order valence-electron chi connectivity index (χ1n) is 6.59. The number of phenolic OH excluding ortho intramolecular Hbond substituents is 1. The Kier molecular flexibility index (Phi) is 4.19. The Morgan fingerprint density at radius 3 is 2.31 bits per heavy atom. The summed E-state index contributed by atoms with van der Waals surface area (Å²) in [7, 11) is -9.43. The molecule has 2 aromatic carbocycles. The minimum absolute atomic E-state index is 0.0468. The lowest BCUT2D eigenvalue weighted by Gasteiger charge is -2.09. The van der Waals surface area contributed by atoms with Gasteiger partial charge in [-0.15, -0.1) is 15.3 Å². The van der Waals surface area contributed by atoms with Crippen LogP contribution in [0.2, 0.25) is 0 Å². The number of hydrogen-bond acceptors (Lipinski definition) is 9. The lowest BCUT2D eigenvalue weighted by molar-refractivity contribution is 0.445. The highest BCUT2D eigenvalue weighted by Crippen LogP contribution is 2.41. The van der Waals surface area contributed by atoms with Crippen molar-refractivity contribution in [2.45, 2.75) is 9.79 Å². The first kappa shape index (κ1) is 17.9. The van der Waals surface area contributed by atoms with Crippen molar-refractivity contribution < 1.29 is 31.0 Å². The van der Waals surface area contributed by atoms with Crippen molar-refractivity contribution in [3.8, 4) is 5.75 Å². The Hall–Kier alpha value is -2.94. The first-order chi connectivity index (χ1) is 12.1. The Balaban J connectivity index is 2.35. The topological polar surface area (TPSA) is 195 Å². The molecule has 1 heterocycles. The number of hydrogen-bond donors (Lipinski definition) is 4. The summed E-state index contributed by atoms with van der Waals surface area (Å²) < 4.78 is 63.9. The van der Waals surface area contributed by atoms with Crippen LogP contribution in [0.5, 0.6) is 5.75 Å². The predicted molar refractivity (Wildman–Crippen MR) is 85.8 cm³/mol. The van der Waals surface area contributed by atoms with Crippen LogP contribution in [0.3, 0.4) is 0 Å². The van der Waals surface area contributed by atoms with Gasteiger partial charge < -0.3 is 5.11 Å². The number of phenols is 1. The van der Waals surface area contributed by atoms with Crippen LogP contribution in [0.25, 0.3) is 10.8 Å². The summed E-state index contributed by atoms with van der Waals surface area (Å²) in [5, 5.41) is 23.5. The lowest BCUT2D eigenvalue weighted by atomic mass is 10.1. The van der Waals surface area contributed by atoms with Crippen molar-refractivity contribution in [2.75, 3.05) is 0 Å². The number of aromatic nitrogens is 3. The molecule has 3 rings (SSSR count). The molecule has 136 valence electrons. The van der Waals surface area contributed by atoms with Gasteiger partial charge in [0.25, 0.3) is 26.2 Å². The third-order valence-corrected chi connectivity index (χ3v) is 4.96. The van der Waals surface area contributed by atoms with Gasteiger partial charge in [0.05, 0.1) is 4.90 Å². The molecule has 0 fully saturated rings. The molecule has 0 aliphatic carbocycles. The van der Waals surface area contributed by atoms with Crippen molar-refractivity contribution in [1.82, 2.24) is 15.2 Å². The lowest BCUT2D eigenvalue weighted by Crippen LogP contribution is -2.00. The largest absolute Gasteiger partial charge is 0.504 e. The Morgan fingerprint density at radius 2 is 1.73 bits per heavy atom. The van der Waals surface area contributed by atoms with Crippen LogP contribution in [0.15, 0.2) is 50.6 Å². The summed E-state index contributed by atoms with van der Waals surface area (Å²) in [5.74, 6) is -1.02. The molecule has 26 heavy (non-hydrogen) atoms. The summed E-state index contributed by atoms with van der Waals surface area (Å²) in [6.07, 6.45) is 1.21. The molecule has 0 unspecified atom stereocenters. The first-order valence-corrected chi connectivity index (χ1v) is 9.47. The number of H-pyrrole nitrogens is 1. The smallest absolute Gasteiger partial charge is 0.298 e. The number of azo groups is 1. The summed E-state index contributed by atoms with van der Waals surface area (Å²) in [6, 6.07) is 3.99. The van der Waals surface area contributed by atoms with Gasteiger partial charge in [-0.2, -0.15) is 21.8 Å². The Bertz CT molecular complexity index is 1230. The second-order valence-corrected chi connectivity index (χ2v) is 7.72. The molecule has 0 atom stereocenters. The highest BCUT2D eigenvalue weighted by atomic mass is 32.2. The van der Waals surface area contributed by atoms with Crippen LogP contribution >= 0.6 is 0 Å². The van der Waals surface area contributed by atoms with Crippen molar-refractivity contribution in [3.63, 3.8) is 0 Å². The molecule has 4 N–H and O–H groups in total. The molecular formula is C12H9N5O7S2. The Morgan fingerprint density at radius 1 is 1.00 bits per heavy atom. The van der Waals surface area contributed by atoms with E-state index in [1.165, 1.54) is 12.4 Å². The van der Waals surface area contributed by atoms with Crippen LogP contribution in [-0.4, -0.2) is 46.2 Å². The SMILES string of the molecule is O=S(=O)(O)c1ccc2c(/N=N/c3nc[nH]n3)c(O)c(S(=O)(=O)O)cc2c1. The van der Waals surface area contributed by atoms with E-state index in [9.17, 15) is 26.5 Å². The normalized spacial score (nSPS) is 12.8. The van der Waals surface area contributed by atoms with Gasteiger partial charge in [-0.1, -0.05) is 6.07 Å². The van der Waals surface area contributed by atoms with E-state index in [1.807, 2.05) is 0 Å². The number of nitrogens with one attached hydrogen (secondary N) is 1. The van der Waals surface area contributed by atoms with E-state index in [0.29, 0.717) is 0 Å². The monoisotopic (exact) mass is 399 g/mol. The second kappa shape index (κ2) is 6.10. The number of aromatic amines is 1. The van der Waals surface area contributed by atoms with Crippen molar-refractivity contribution in [1.29, 1.82) is 0 Å². The fraction of sp³-hybridized carbons (Fsp3) is 0. The van der Waals surface area contributed by atoms with E-state index in [-0.39, 0.29) is 22.4 Å². The molecule has 0 saturated carbocycles. The number of nitrogens with zero attached hydrogens (tertiary/aromatic N) is 4. The molecule has 0 aliphatic rings. The van der Waals surface area contributed by atoms with E-state index in [0.717, 1.165) is 18.2 Å². The van der Waals surface area contributed by atoms with Gasteiger partial charge in [-0.3, -0.25) is 14.2 Å². The second-order valence-electron chi connectivity index (χ2n) is 4.90. The van der Waals surface area contributed by atoms with E-state index < -0.39 is 35.8 Å². The number of fused-ring (bicyclic) bond motifs is 1. The Labute approximate surface area is 145 Å². The highest BCUT2D eigenvalue weighted by molar-refractivity contribution is 7.86. The third kappa shape index (κ3) is 3.38. The van der Waals surface area contributed by atoms with Gasteiger partial charge in [0.1, 0.15) is 16.9 Å². The van der Waals surface area contributed by atoms with Crippen molar-refractivity contribution in [3.05, 3.63) is 30.6 Å². The molecule has 0 amide bonds. The van der Waals surface area contributed by atoms with Crippen molar-refractivity contribution >= 4 is 42.6 Å². The average Bonchev–Trinajstić information content (AvgIpc) is 3.04. The molecule has 0 aliphatic heterocycles. The summed E-state index contributed by atoms with van der Waals surface area (Å²) in [6.45, 7) is 0. The summed E-state index contributed by atoms with van der Waals surface area (Å²) in [4.78, 5) is 2.23. The summed E-state index contributed by atoms with van der Waals surface area (Å²) >= 11 is 0. The molecule has 1 aromatic heterocycles. The van der Waals surface area contributed by atoms with E-state index >= 15 is 0 Å². The molecule has 3 aromatic rings. The molecule has 12 nitrogen and oxygen atoms in total. The van der Waals surface area contributed by atoms with Crippen LogP contribution in [0.4, 0.5) is 11.6 Å². The molecule has 0 bridgehead atoms. The van der Waals surface area contributed by atoms with E-state index in [1.54, 1.807) is 0 Å². The zero-order valence-electron chi connectivity index (χ0n) is 12.5. The molecular weight excluding hydrogens is 390 g/mol. The van der Waals surface area contributed by atoms with Crippen LogP contribution < -0.4 is 0 Å². The number of rotatable bonds is 4.